The number of fused-ring (bicyclic) bond motifs is 1. The number of nitrogens with zero attached hydrogens (tertiary/aromatic N) is 2. The molecule has 35 heavy (non-hydrogen) atoms. The van der Waals surface area contributed by atoms with E-state index in [9.17, 15) is 14.4 Å². The number of hydrogen-bond donors (Lipinski definition) is 1. The highest BCUT2D eigenvalue weighted by Gasteiger charge is 2.28. The molecule has 0 bridgehead atoms. The fourth-order valence-corrected chi connectivity index (χ4v) is 4.88. The van der Waals surface area contributed by atoms with Crippen LogP contribution in [0, 0.1) is 6.92 Å². The molecule has 178 valence electrons. The minimum absolute atomic E-state index is 0.104. The molecule has 0 saturated heterocycles. The zero-order valence-electron chi connectivity index (χ0n) is 19.0. The van der Waals surface area contributed by atoms with Crippen LogP contribution in [0.25, 0.3) is 22.3 Å². The number of esters is 2. The third kappa shape index (κ3) is 4.73. The molecule has 0 saturated carbocycles. The quantitative estimate of drug-likeness (QED) is 0.340. The van der Waals surface area contributed by atoms with E-state index in [4.69, 9.17) is 21.1 Å². The number of methoxy groups -OCH3 is 1. The van der Waals surface area contributed by atoms with Crippen LogP contribution in [0.15, 0.2) is 48.7 Å². The van der Waals surface area contributed by atoms with Crippen molar-refractivity contribution in [2.24, 2.45) is 0 Å². The topological polar surface area (TPSA) is 107 Å². The molecule has 1 aromatic carbocycles. The molecule has 0 unspecified atom stereocenters. The maximum absolute atomic E-state index is 13.6. The number of aromatic nitrogens is 2. The second-order valence-corrected chi connectivity index (χ2v) is 8.76. The van der Waals surface area contributed by atoms with Crippen LogP contribution in [0.4, 0.5) is 5.00 Å². The van der Waals surface area contributed by atoms with E-state index in [0.717, 1.165) is 11.3 Å². The van der Waals surface area contributed by atoms with Crippen LogP contribution >= 0.6 is 22.9 Å². The van der Waals surface area contributed by atoms with Crippen molar-refractivity contribution in [1.29, 1.82) is 0 Å². The van der Waals surface area contributed by atoms with Crippen LogP contribution in [-0.4, -0.2) is 41.5 Å². The molecule has 0 aliphatic heterocycles. The van der Waals surface area contributed by atoms with Crippen LogP contribution in [0.5, 0.6) is 0 Å². The number of ether oxygens (including phenoxy) is 2. The lowest BCUT2D eigenvalue weighted by molar-refractivity contribution is 0.0527. The van der Waals surface area contributed by atoms with Gasteiger partial charge in [-0.15, -0.1) is 11.3 Å². The Bertz CT molecular complexity index is 1450. The fourth-order valence-electron chi connectivity index (χ4n) is 3.56. The average molecular weight is 510 g/mol. The molecule has 0 atom stereocenters. The van der Waals surface area contributed by atoms with E-state index in [0.29, 0.717) is 32.9 Å². The second-order valence-electron chi connectivity index (χ2n) is 7.33. The monoisotopic (exact) mass is 509 g/mol. The van der Waals surface area contributed by atoms with Crippen molar-refractivity contribution in [2.75, 3.05) is 19.0 Å². The molecule has 3 aromatic heterocycles. The van der Waals surface area contributed by atoms with Gasteiger partial charge in [-0.05, 0) is 43.7 Å². The molecule has 0 spiro atoms. The van der Waals surface area contributed by atoms with Crippen molar-refractivity contribution >= 4 is 56.7 Å². The van der Waals surface area contributed by atoms with E-state index < -0.39 is 17.8 Å². The SMILES string of the molecule is CCOC(=O)c1c(NC(=O)c2cc(-c3ccccn3)nc3c(Cl)cccc23)sc(C(=O)OC)c1C. The first kappa shape index (κ1) is 24.3. The third-order valence-corrected chi connectivity index (χ3v) is 6.68. The Morgan fingerprint density at radius 3 is 2.57 bits per heavy atom. The van der Waals surface area contributed by atoms with Gasteiger partial charge in [-0.3, -0.25) is 9.78 Å². The van der Waals surface area contributed by atoms with Gasteiger partial charge in [0.25, 0.3) is 5.91 Å². The van der Waals surface area contributed by atoms with Crippen molar-refractivity contribution in [3.8, 4) is 11.4 Å². The van der Waals surface area contributed by atoms with Gasteiger partial charge in [-0.1, -0.05) is 29.8 Å². The highest BCUT2D eigenvalue weighted by molar-refractivity contribution is 7.18. The third-order valence-electron chi connectivity index (χ3n) is 5.19. The van der Waals surface area contributed by atoms with Gasteiger partial charge in [0.1, 0.15) is 9.88 Å². The number of hydrogen-bond acceptors (Lipinski definition) is 8. The van der Waals surface area contributed by atoms with E-state index in [2.05, 4.69) is 15.3 Å². The Labute approximate surface area is 209 Å². The molecule has 0 fully saturated rings. The predicted octanol–water partition coefficient (Wildman–Crippen LogP) is 5.54. The van der Waals surface area contributed by atoms with Gasteiger partial charge in [-0.2, -0.15) is 0 Å². The summed E-state index contributed by atoms with van der Waals surface area (Å²) in [5.74, 6) is -1.78. The van der Waals surface area contributed by atoms with Crippen LogP contribution in [0.1, 0.15) is 42.9 Å². The molecular weight excluding hydrogens is 490 g/mol. The van der Waals surface area contributed by atoms with Crippen LogP contribution in [0.3, 0.4) is 0 Å². The second kappa shape index (κ2) is 10.2. The van der Waals surface area contributed by atoms with Crippen molar-refractivity contribution in [1.82, 2.24) is 9.97 Å². The van der Waals surface area contributed by atoms with Gasteiger partial charge >= 0.3 is 11.9 Å². The highest BCUT2D eigenvalue weighted by atomic mass is 35.5. The average Bonchev–Trinajstić information content (AvgIpc) is 3.19. The van der Waals surface area contributed by atoms with E-state index >= 15 is 0 Å². The van der Waals surface area contributed by atoms with Gasteiger partial charge in [-0.25, -0.2) is 14.6 Å². The molecule has 0 aliphatic rings. The number of amides is 1. The highest BCUT2D eigenvalue weighted by Crippen LogP contribution is 2.35. The maximum atomic E-state index is 13.6. The smallest absolute Gasteiger partial charge is 0.348 e. The summed E-state index contributed by atoms with van der Waals surface area (Å²) in [6.45, 7) is 3.41. The Morgan fingerprint density at radius 2 is 1.89 bits per heavy atom. The molecule has 10 heteroatoms. The standard InChI is InChI=1S/C25H20ClN3O5S/c1-4-34-24(31)19-13(2)21(25(32)33-3)35-23(19)29-22(30)15-12-18(17-10-5-6-11-27-17)28-20-14(15)8-7-9-16(20)26/h5-12H,4H2,1-3H3,(H,29,30). The number of halogens is 1. The van der Waals surface area contributed by atoms with E-state index in [1.54, 1.807) is 56.4 Å². The lowest BCUT2D eigenvalue weighted by Gasteiger charge is -2.11. The normalized spacial score (nSPS) is 10.7. The summed E-state index contributed by atoms with van der Waals surface area (Å²) in [6, 6.07) is 12.1. The van der Waals surface area contributed by atoms with Crippen molar-refractivity contribution in [3.63, 3.8) is 0 Å². The molecule has 3 heterocycles. The van der Waals surface area contributed by atoms with Crippen LogP contribution in [-0.2, 0) is 9.47 Å². The van der Waals surface area contributed by atoms with Gasteiger partial charge in [0.2, 0.25) is 0 Å². The molecular formula is C25H20ClN3O5S. The Balaban J connectivity index is 1.84. The number of carbonyl (C=O) groups is 3. The minimum atomic E-state index is -0.650. The Morgan fingerprint density at radius 1 is 1.09 bits per heavy atom. The number of anilines is 1. The number of nitrogens with one attached hydrogen (secondary N) is 1. The minimum Gasteiger partial charge on any atom is -0.465 e. The van der Waals surface area contributed by atoms with E-state index in [1.165, 1.54) is 7.11 Å². The van der Waals surface area contributed by atoms with E-state index in [-0.39, 0.29) is 27.6 Å². The molecule has 1 N–H and O–H groups in total. The van der Waals surface area contributed by atoms with Crippen molar-refractivity contribution in [3.05, 3.63) is 75.3 Å². The maximum Gasteiger partial charge on any atom is 0.348 e. The molecule has 1 amide bonds. The summed E-state index contributed by atoms with van der Waals surface area (Å²) in [7, 11) is 1.25. The van der Waals surface area contributed by atoms with Crippen LogP contribution in [0.2, 0.25) is 5.02 Å². The number of para-hydroxylation sites is 1. The first-order chi connectivity index (χ1) is 16.8. The predicted molar refractivity (Wildman–Crippen MR) is 134 cm³/mol. The Kier molecular flexibility index (Phi) is 7.09. The van der Waals surface area contributed by atoms with Gasteiger partial charge < -0.3 is 14.8 Å². The largest absolute Gasteiger partial charge is 0.465 e. The van der Waals surface area contributed by atoms with Gasteiger partial charge in [0.15, 0.2) is 0 Å². The lowest BCUT2D eigenvalue weighted by Crippen LogP contribution is -2.16. The number of thiophene rings is 1. The molecule has 4 rings (SSSR count). The lowest BCUT2D eigenvalue weighted by atomic mass is 10.1. The summed E-state index contributed by atoms with van der Waals surface area (Å²) in [6.07, 6.45) is 1.63. The molecule has 0 radical (unpaired) electrons. The molecule has 0 aliphatic carbocycles. The van der Waals surface area contributed by atoms with Crippen LogP contribution < -0.4 is 5.32 Å². The zero-order valence-corrected chi connectivity index (χ0v) is 20.6. The number of rotatable bonds is 6. The zero-order chi connectivity index (χ0) is 25.1. The number of carbonyl (C=O) groups excluding carboxylic acids is 3. The number of benzene rings is 1. The molecule has 8 nitrogen and oxygen atoms in total. The summed E-state index contributed by atoms with van der Waals surface area (Å²) in [5.41, 5.74) is 2.21. The summed E-state index contributed by atoms with van der Waals surface area (Å²) in [4.78, 5) is 47.6. The first-order valence-corrected chi connectivity index (χ1v) is 11.8. The van der Waals surface area contributed by atoms with Crippen molar-refractivity contribution < 1.29 is 23.9 Å². The first-order valence-electron chi connectivity index (χ1n) is 10.6. The Hall–Kier alpha value is -3.82. The van der Waals surface area contributed by atoms with E-state index in [1.807, 2.05) is 6.07 Å². The number of pyridine rings is 2. The van der Waals surface area contributed by atoms with Gasteiger partial charge in [0.05, 0.1) is 46.8 Å². The van der Waals surface area contributed by atoms with Gasteiger partial charge in [0, 0.05) is 11.6 Å². The van der Waals surface area contributed by atoms with Crippen molar-refractivity contribution in [2.45, 2.75) is 13.8 Å². The summed E-state index contributed by atoms with van der Waals surface area (Å²) < 4.78 is 9.98. The fraction of sp³-hybridized carbons (Fsp3) is 0.160. The summed E-state index contributed by atoms with van der Waals surface area (Å²) in [5, 5.41) is 3.85. The summed E-state index contributed by atoms with van der Waals surface area (Å²) >= 11 is 7.35. The molecule has 4 aromatic rings.